The summed E-state index contributed by atoms with van der Waals surface area (Å²) in [5.74, 6) is 0.864. The summed E-state index contributed by atoms with van der Waals surface area (Å²) in [5.41, 5.74) is 4.75. The fraction of sp³-hybridized carbons (Fsp3) is 0.353. The summed E-state index contributed by atoms with van der Waals surface area (Å²) in [4.78, 5) is 4.51. The van der Waals surface area contributed by atoms with Crippen LogP contribution in [-0.4, -0.2) is 12.1 Å². The van der Waals surface area contributed by atoms with Crippen LogP contribution in [0.2, 0.25) is 0 Å². The number of ether oxygens (including phenoxy) is 1. The molecule has 0 spiro atoms. The van der Waals surface area contributed by atoms with Gasteiger partial charge in [0, 0.05) is 30.9 Å². The molecular formula is C17H22N2O. The van der Waals surface area contributed by atoms with Crippen molar-refractivity contribution in [3.63, 3.8) is 0 Å². The molecule has 0 aliphatic rings. The third kappa shape index (κ3) is 3.81. The van der Waals surface area contributed by atoms with Crippen LogP contribution in [0.3, 0.4) is 0 Å². The lowest BCUT2D eigenvalue weighted by Gasteiger charge is -2.10. The highest BCUT2D eigenvalue weighted by Gasteiger charge is 2.02. The van der Waals surface area contributed by atoms with Gasteiger partial charge in [0.05, 0.1) is 12.8 Å². The first kappa shape index (κ1) is 14.5. The first-order valence-electron chi connectivity index (χ1n) is 7.02. The van der Waals surface area contributed by atoms with Crippen molar-refractivity contribution in [3.8, 4) is 5.75 Å². The standard InChI is InChI=1S/C17H22N2O/c1-4-14-7-5-6-8-15(14)11-18-12-16-10-17(20-3)9-13(2)19-16/h5-10,18H,4,11-12H2,1-3H3. The van der Waals surface area contributed by atoms with Gasteiger partial charge < -0.3 is 10.1 Å². The van der Waals surface area contributed by atoms with Crippen molar-refractivity contribution < 1.29 is 4.74 Å². The fourth-order valence-corrected chi connectivity index (χ4v) is 2.31. The van der Waals surface area contributed by atoms with Gasteiger partial charge in [-0.15, -0.1) is 0 Å². The Labute approximate surface area is 121 Å². The highest BCUT2D eigenvalue weighted by Crippen LogP contribution is 2.14. The topological polar surface area (TPSA) is 34.1 Å². The van der Waals surface area contributed by atoms with E-state index < -0.39 is 0 Å². The van der Waals surface area contributed by atoms with E-state index in [4.69, 9.17) is 4.74 Å². The van der Waals surface area contributed by atoms with Crippen LogP contribution in [-0.2, 0) is 19.5 Å². The van der Waals surface area contributed by atoms with Crippen LogP contribution in [0.5, 0.6) is 5.75 Å². The van der Waals surface area contributed by atoms with E-state index in [1.807, 2.05) is 19.1 Å². The molecule has 0 bridgehead atoms. The largest absolute Gasteiger partial charge is 0.497 e. The molecule has 20 heavy (non-hydrogen) atoms. The molecule has 3 nitrogen and oxygen atoms in total. The predicted octanol–water partition coefficient (Wildman–Crippen LogP) is 3.25. The van der Waals surface area contributed by atoms with E-state index in [9.17, 15) is 0 Å². The molecule has 0 saturated heterocycles. The number of pyridine rings is 1. The Hall–Kier alpha value is -1.87. The Balaban J connectivity index is 1.97. The molecule has 3 heteroatoms. The maximum atomic E-state index is 5.27. The number of hydrogen-bond acceptors (Lipinski definition) is 3. The van der Waals surface area contributed by atoms with E-state index in [0.717, 1.165) is 36.6 Å². The van der Waals surface area contributed by atoms with Gasteiger partial charge in [-0.1, -0.05) is 31.2 Å². The molecular weight excluding hydrogens is 248 g/mol. The zero-order valence-corrected chi connectivity index (χ0v) is 12.4. The number of benzene rings is 1. The number of rotatable bonds is 6. The van der Waals surface area contributed by atoms with Crippen LogP contribution in [0.1, 0.15) is 29.4 Å². The summed E-state index contributed by atoms with van der Waals surface area (Å²) in [6.07, 6.45) is 1.06. The van der Waals surface area contributed by atoms with Crippen molar-refractivity contribution in [2.75, 3.05) is 7.11 Å². The van der Waals surface area contributed by atoms with E-state index in [2.05, 4.69) is 41.5 Å². The molecule has 2 aromatic rings. The van der Waals surface area contributed by atoms with Crippen LogP contribution in [0, 0.1) is 6.92 Å². The first-order valence-corrected chi connectivity index (χ1v) is 7.02. The predicted molar refractivity (Wildman–Crippen MR) is 81.9 cm³/mol. The number of aryl methyl sites for hydroxylation is 2. The molecule has 0 fully saturated rings. The molecule has 2 rings (SSSR count). The van der Waals surface area contributed by atoms with Crippen molar-refractivity contribution in [3.05, 3.63) is 58.9 Å². The second-order valence-corrected chi connectivity index (χ2v) is 4.87. The molecule has 106 valence electrons. The van der Waals surface area contributed by atoms with E-state index in [1.165, 1.54) is 11.1 Å². The number of methoxy groups -OCH3 is 1. The van der Waals surface area contributed by atoms with Crippen molar-refractivity contribution in [2.24, 2.45) is 0 Å². The summed E-state index contributed by atoms with van der Waals surface area (Å²) in [6, 6.07) is 12.5. The highest BCUT2D eigenvalue weighted by atomic mass is 16.5. The third-order valence-electron chi connectivity index (χ3n) is 3.34. The van der Waals surface area contributed by atoms with Gasteiger partial charge in [0.15, 0.2) is 0 Å². The summed E-state index contributed by atoms with van der Waals surface area (Å²) >= 11 is 0. The number of nitrogens with one attached hydrogen (secondary N) is 1. The molecule has 0 aliphatic carbocycles. The molecule has 1 heterocycles. The van der Waals surface area contributed by atoms with Crippen molar-refractivity contribution in [2.45, 2.75) is 33.4 Å². The van der Waals surface area contributed by atoms with Gasteiger partial charge in [0.1, 0.15) is 5.75 Å². The van der Waals surface area contributed by atoms with Crippen molar-refractivity contribution >= 4 is 0 Å². The summed E-state index contributed by atoms with van der Waals surface area (Å²) < 4.78 is 5.27. The van der Waals surface area contributed by atoms with Gasteiger partial charge in [-0.25, -0.2) is 0 Å². The zero-order chi connectivity index (χ0) is 14.4. The van der Waals surface area contributed by atoms with Crippen LogP contribution in [0.25, 0.3) is 0 Å². The van der Waals surface area contributed by atoms with E-state index >= 15 is 0 Å². The molecule has 0 radical (unpaired) electrons. The maximum absolute atomic E-state index is 5.27. The Morgan fingerprint density at radius 1 is 1.10 bits per heavy atom. The normalized spacial score (nSPS) is 10.6. The van der Waals surface area contributed by atoms with E-state index in [0.29, 0.717) is 0 Å². The minimum Gasteiger partial charge on any atom is -0.497 e. The average Bonchev–Trinajstić information content (AvgIpc) is 2.47. The molecule has 0 saturated carbocycles. The lowest BCUT2D eigenvalue weighted by atomic mass is 10.1. The van der Waals surface area contributed by atoms with E-state index in [1.54, 1.807) is 7.11 Å². The summed E-state index contributed by atoms with van der Waals surface area (Å²) in [5, 5.41) is 3.45. The van der Waals surface area contributed by atoms with Crippen molar-refractivity contribution in [1.29, 1.82) is 0 Å². The van der Waals surface area contributed by atoms with Gasteiger partial charge in [0.25, 0.3) is 0 Å². The van der Waals surface area contributed by atoms with Gasteiger partial charge in [-0.2, -0.15) is 0 Å². The second kappa shape index (κ2) is 7.06. The average molecular weight is 270 g/mol. The van der Waals surface area contributed by atoms with Gasteiger partial charge in [0.2, 0.25) is 0 Å². The Morgan fingerprint density at radius 3 is 2.55 bits per heavy atom. The van der Waals surface area contributed by atoms with Gasteiger partial charge in [-0.3, -0.25) is 4.98 Å². The van der Waals surface area contributed by atoms with Crippen LogP contribution in [0.15, 0.2) is 36.4 Å². The van der Waals surface area contributed by atoms with Crippen molar-refractivity contribution in [1.82, 2.24) is 10.3 Å². The van der Waals surface area contributed by atoms with Crippen LogP contribution < -0.4 is 10.1 Å². The van der Waals surface area contributed by atoms with Crippen LogP contribution >= 0.6 is 0 Å². The monoisotopic (exact) mass is 270 g/mol. The summed E-state index contributed by atoms with van der Waals surface area (Å²) in [6.45, 7) is 5.78. The summed E-state index contributed by atoms with van der Waals surface area (Å²) in [7, 11) is 1.68. The Kier molecular flexibility index (Phi) is 5.13. The van der Waals surface area contributed by atoms with Gasteiger partial charge in [-0.05, 0) is 24.5 Å². The minimum atomic E-state index is 0.746. The molecule has 1 aromatic carbocycles. The number of nitrogens with zero attached hydrogens (tertiary/aromatic N) is 1. The smallest absolute Gasteiger partial charge is 0.122 e. The molecule has 0 aliphatic heterocycles. The minimum absolute atomic E-state index is 0.746. The molecule has 1 N–H and O–H groups in total. The SMILES string of the molecule is CCc1ccccc1CNCc1cc(OC)cc(C)n1. The Bertz CT molecular complexity index is 567. The molecule has 0 atom stereocenters. The number of aromatic nitrogens is 1. The molecule has 0 unspecified atom stereocenters. The first-order chi connectivity index (χ1) is 9.72. The van der Waals surface area contributed by atoms with Gasteiger partial charge >= 0.3 is 0 Å². The third-order valence-corrected chi connectivity index (χ3v) is 3.34. The van der Waals surface area contributed by atoms with Crippen LogP contribution in [0.4, 0.5) is 0 Å². The lowest BCUT2D eigenvalue weighted by Crippen LogP contribution is -2.15. The molecule has 1 aromatic heterocycles. The lowest BCUT2D eigenvalue weighted by molar-refractivity contribution is 0.412. The van der Waals surface area contributed by atoms with E-state index in [-0.39, 0.29) is 0 Å². The number of hydrogen-bond donors (Lipinski definition) is 1. The quantitative estimate of drug-likeness (QED) is 0.875. The fourth-order valence-electron chi connectivity index (χ4n) is 2.31. The maximum Gasteiger partial charge on any atom is 0.122 e. The highest BCUT2D eigenvalue weighted by molar-refractivity contribution is 5.28. The second-order valence-electron chi connectivity index (χ2n) is 4.87. The Morgan fingerprint density at radius 2 is 1.85 bits per heavy atom. The molecule has 0 amide bonds. The zero-order valence-electron chi connectivity index (χ0n) is 12.4.